The highest BCUT2D eigenvalue weighted by Crippen LogP contribution is 2.29. The number of halogens is 1. The smallest absolute Gasteiger partial charge is 0.253 e. The summed E-state index contributed by atoms with van der Waals surface area (Å²) in [5, 5.41) is 13.6. The molecule has 1 aliphatic heterocycles. The van der Waals surface area contributed by atoms with E-state index in [4.69, 9.17) is 0 Å². The average Bonchev–Trinajstić information content (AvgIpc) is 3.08. The number of aromatic nitrogens is 5. The number of hydrogen-bond donors (Lipinski definition) is 1. The number of rotatable bonds is 5. The largest absolute Gasteiger partial charge is 0.321 e. The monoisotopic (exact) mass is 446 g/mol. The zero-order valence-corrected chi connectivity index (χ0v) is 18.7. The summed E-state index contributed by atoms with van der Waals surface area (Å²) < 4.78 is 15.1. The molecule has 33 heavy (non-hydrogen) atoms. The van der Waals surface area contributed by atoms with Crippen molar-refractivity contribution in [3.8, 4) is 0 Å². The van der Waals surface area contributed by atoms with Gasteiger partial charge in [-0.15, -0.1) is 5.10 Å². The molecule has 0 aliphatic carbocycles. The van der Waals surface area contributed by atoms with Crippen molar-refractivity contribution in [1.29, 1.82) is 0 Å². The highest BCUT2D eigenvalue weighted by Gasteiger charge is 2.31. The predicted octanol–water partition coefficient (Wildman–Crippen LogP) is 3.98. The lowest BCUT2D eigenvalue weighted by molar-refractivity contribution is 0.220. The standard InChI is InChI=1S/C25H27FN6O/c1-17-7-6-8-19-15-21(25(33)27-22(17)19)23(31-13-4-2-3-5-14-31)24-28-29-30-32(24)16-18-9-11-20(26)12-10-18/h6-12,15,23H,2-5,13-14,16H2,1H3,(H,27,33)/t23-/m1/s1. The maximum absolute atomic E-state index is 13.4. The van der Waals surface area contributed by atoms with Crippen LogP contribution in [0.3, 0.4) is 0 Å². The number of H-pyrrole nitrogens is 1. The Kier molecular flexibility index (Phi) is 6.00. The van der Waals surface area contributed by atoms with Gasteiger partial charge in [0.1, 0.15) is 11.9 Å². The minimum Gasteiger partial charge on any atom is -0.321 e. The molecule has 1 saturated heterocycles. The number of nitrogens with one attached hydrogen (secondary N) is 1. The molecule has 0 unspecified atom stereocenters. The van der Waals surface area contributed by atoms with Crippen LogP contribution in [0.5, 0.6) is 0 Å². The molecule has 8 heteroatoms. The Morgan fingerprint density at radius 3 is 2.58 bits per heavy atom. The van der Waals surface area contributed by atoms with Crippen LogP contribution in [0.4, 0.5) is 4.39 Å². The van der Waals surface area contributed by atoms with Gasteiger partial charge in [0.25, 0.3) is 5.56 Å². The Labute approximate surface area is 191 Å². The third-order valence-electron chi connectivity index (χ3n) is 6.47. The van der Waals surface area contributed by atoms with Crippen molar-refractivity contribution >= 4 is 10.9 Å². The Morgan fingerprint density at radius 2 is 1.82 bits per heavy atom. The molecule has 4 aromatic rings. The average molecular weight is 447 g/mol. The number of aromatic amines is 1. The number of hydrogen-bond acceptors (Lipinski definition) is 5. The molecule has 1 N–H and O–H groups in total. The molecule has 5 rings (SSSR count). The van der Waals surface area contributed by atoms with Gasteiger partial charge >= 0.3 is 0 Å². The zero-order chi connectivity index (χ0) is 22.8. The van der Waals surface area contributed by atoms with Gasteiger partial charge < -0.3 is 4.98 Å². The second-order valence-electron chi connectivity index (χ2n) is 8.77. The maximum Gasteiger partial charge on any atom is 0.253 e. The summed E-state index contributed by atoms with van der Waals surface area (Å²) in [7, 11) is 0. The van der Waals surface area contributed by atoms with Gasteiger partial charge in [-0.3, -0.25) is 9.69 Å². The molecule has 1 atom stereocenters. The predicted molar refractivity (Wildman–Crippen MR) is 125 cm³/mol. The van der Waals surface area contributed by atoms with Crippen LogP contribution in [0.2, 0.25) is 0 Å². The van der Waals surface area contributed by atoms with E-state index < -0.39 is 0 Å². The van der Waals surface area contributed by atoms with Crippen LogP contribution in [0, 0.1) is 12.7 Å². The van der Waals surface area contributed by atoms with Crippen molar-refractivity contribution < 1.29 is 4.39 Å². The van der Waals surface area contributed by atoms with Crippen molar-refractivity contribution in [1.82, 2.24) is 30.1 Å². The van der Waals surface area contributed by atoms with Crippen LogP contribution < -0.4 is 5.56 Å². The second kappa shape index (κ2) is 9.23. The lowest BCUT2D eigenvalue weighted by Crippen LogP contribution is -2.36. The normalized spacial score (nSPS) is 16.1. The van der Waals surface area contributed by atoms with Crippen LogP contribution in [-0.2, 0) is 6.54 Å². The first kappa shape index (κ1) is 21.5. The Bertz CT molecular complexity index is 1300. The fraction of sp³-hybridized carbons (Fsp3) is 0.360. The molecule has 0 saturated carbocycles. The van der Waals surface area contributed by atoms with Crippen LogP contribution in [0.15, 0.2) is 53.3 Å². The first-order valence-electron chi connectivity index (χ1n) is 11.5. The zero-order valence-electron chi connectivity index (χ0n) is 18.7. The van der Waals surface area contributed by atoms with Crippen LogP contribution in [0.25, 0.3) is 10.9 Å². The SMILES string of the molecule is Cc1cccc2cc([C@H](c3nnnn3Cc3ccc(F)cc3)N3CCCCCC3)c(=O)[nH]c12. The minimum atomic E-state index is -0.368. The van der Waals surface area contributed by atoms with E-state index in [0.29, 0.717) is 17.9 Å². The molecule has 7 nitrogen and oxygen atoms in total. The van der Waals surface area contributed by atoms with Crippen molar-refractivity contribution in [3.63, 3.8) is 0 Å². The third-order valence-corrected chi connectivity index (χ3v) is 6.47. The highest BCUT2D eigenvalue weighted by atomic mass is 19.1. The summed E-state index contributed by atoms with van der Waals surface area (Å²) in [6, 6.07) is 13.9. The van der Waals surface area contributed by atoms with E-state index in [9.17, 15) is 9.18 Å². The number of likely N-dealkylation sites (tertiary alicyclic amines) is 1. The quantitative estimate of drug-likeness (QED) is 0.502. The van der Waals surface area contributed by atoms with E-state index in [0.717, 1.165) is 48.0 Å². The number of benzene rings is 2. The number of fused-ring (bicyclic) bond motifs is 1. The minimum absolute atomic E-state index is 0.123. The molecular formula is C25H27FN6O. The van der Waals surface area contributed by atoms with E-state index in [1.165, 1.54) is 25.0 Å². The lowest BCUT2D eigenvalue weighted by atomic mass is 10.0. The van der Waals surface area contributed by atoms with Gasteiger partial charge in [-0.1, -0.05) is 43.2 Å². The summed E-state index contributed by atoms with van der Waals surface area (Å²) in [6.45, 7) is 4.14. The molecule has 3 heterocycles. The molecule has 2 aromatic carbocycles. The van der Waals surface area contributed by atoms with E-state index in [-0.39, 0.29) is 17.4 Å². The summed E-state index contributed by atoms with van der Waals surface area (Å²) in [5.74, 6) is 0.342. The lowest BCUT2D eigenvalue weighted by Gasteiger charge is -2.29. The number of aryl methyl sites for hydroxylation is 1. The van der Waals surface area contributed by atoms with Crippen molar-refractivity contribution in [2.45, 2.75) is 45.2 Å². The number of tetrazole rings is 1. The van der Waals surface area contributed by atoms with Crippen molar-refractivity contribution in [2.75, 3.05) is 13.1 Å². The van der Waals surface area contributed by atoms with Crippen LogP contribution in [-0.4, -0.2) is 43.2 Å². The maximum atomic E-state index is 13.4. The molecule has 1 aliphatic rings. The summed E-state index contributed by atoms with van der Waals surface area (Å²) in [4.78, 5) is 18.8. The summed E-state index contributed by atoms with van der Waals surface area (Å²) in [5.41, 5.74) is 3.30. The van der Waals surface area contributed by atoms with Gasteiger partial charge in [0, 0.05) is 5.56 Å². The first-order valence-corrected chi connectivity index (χ1v) is 11.5. The molecule has 0 amide bonds. The van der Waals surface area contributed by atoms with Crippen molar-refractivity contribution in [3.05, 3.63) is 87.2 Å². The number of pyridine rings is 1. The van der Waals surface area contributed by atoms with Gasteiger partial charge in [-0.25, -0.2) is 9.07 Å². The van der Waals surface area contributed by atoms with Crippen molar-refractivity contribution in [2.24, 2.45) is 0 Å². The number of nitrogens with zero attached hydrogens (tertiary/aromatic N) is 5. The molecule has 170 valence electrons. The van der Waals surface area contributed by atoms with E-state index >= 15 is 0 Å². The third kappa shape index (κ3) is 4.43. The Morgan fingerprint density at radius 1 is 1.06 bits per heavy atom. The second-order valence-corrected chi connectivity index (χ2v) is 8.77. The summed E-state index contributed by atoms with van der Waals surface area (Å²) >= 11 is 0. The Hall–Kier alpha value is -3.39. The molecule has 1 fully saturated rings. The molecule has 0 radical (unpaired) electrons. The van der Waals surface area contributed by atoms with Gasteiger partial charge in [0.05, 0.1) is 12.1 Å². The molecule has 2 aromatic heterocycles. The van der Waals surface area contributed by atoms with E-state index in [1.807, 2.05) is 31.2 Å². The first-order chi connectivity index (χ1) is 16.1. The van der Waals surface area contributed by atoms with E-state index in [2.05, 4.69) is 25.4 Å². The topological polar surface area (TPSA) is 79.7 Å². The molecule has 0 spiro atoms. The fourth-order valence-corrected chi connectivity index (χ4v) is 4.74. The van der Waals surface area contributed by atoms with Crippen LogP contribution in [0.1, 0.15) is 54.2 Å². The Balaban J connectivity index is 1.62. The highest BCUT2D eigenvalue weighted by molar-refractivity contribution is 5.82. The van der Waals surface area contributed by atoms with Gasteiger partial charge in [0.15, 0.2) is 5.82 Å². The summed E-state index contributed by atoms with van der Waals surface area (Å²) in [6.07, 6.45) is 4.50. The van der Waals surface area contributed by atoms with Gasteiger partial charge in [0.2, 0.25) is 0 Å². The number of para-hydroxylation sites is 1. The fourth-order valence-electron chi connectivity index (χ4n) is 4.74. The molecular weight excluding hydrogens is 419 g/mol. The van der Waals surface area contributed by atoms with E-state index in [1.54, 1.807) is 16.8 Å². The molecule has 0 bridgehead atoms. The van der Waals surface area contributed by atoms with Gasteiger partial charge in [-0.05, 0) is 78.0 Å². The van der Waals surface area contributed by atoms with Gasteiger partial charge in [-0.2, -0.15) is 0 Å². The van der Waals surface area contributed by atoms with Crippen LogP contribution >= 0.6 is 0 Å².